The number of halogens is 3. The second-order valence-electron chi connectivity index (χ2n) is 5.71. The molecule has 124 valence electrons. The molecular formula is C16H14BrCl2N5. The largest absolute Gasteiger partial charge is 0.356 e. The van der Waals surface area contributed by atoms with E-state index >= 15 is 0 Å². The lowest BCUT2D eigenvalue weighted by Gasteiger charge is -2.32. The van der Waals surface area contributed by atoms with Crippen molar-refractivity contribution in [2.45, 2.75) is 17.7 Å². The second-order valence-corrected chi connectivity index (χ2v) is 7.77. The number of fused-ring (bicyclic) bond motifs is 1. The monoisotopic (exact) mass is 425 g/mol. The van der Waals surface area contributed by atoms with Crippen LogP contribution >= 0.6 is 39.1 Å². The number of alkyl halides is 1. The second kappa shape index (κ2) is 6.50. The molecule has 4 rings (SSSR count). The zero-order valence-corrected chi connectivity index (χ0v) is 15.8. The molecule has 0 bridgehead atoms. The lowest BCUT2D eigenvalue weighted by Crippen LogP contribution is -2.35. The van der Waals surface area contributed by atoms with E-state index in [1.165, 1.54) is 6.33 Å². The van der Waals surface area contributed by atoms with Gasteiger partial charge >= 0.3 is 0 Å². The minimum absolute atomic E-state index is 0.388. The van der Waals surface area contributed by atoms with Crippen LogP contribution in [-0.4, -0.2) is 37.5 Å². The Balaban J connectivity index is 1.97. The number of rotatable bonds is 2. The highest BCUT2D eigenvalue weighted by atomic mass is 79.9. The maximum Gasteiger partial charge on any atom is 0.255 e. The number of nitrogens with zero attached hydrogens (tertiary/aromatic N) is 5. The van der Waals surface area contributed by atoms with Crippen LogP contribution in [0.5, 0.6) is 0 Å². The van der Waals surface area contributed by atoms with Gasteiger partial charge in [-0.15, -0.1) is 0 Å². The number of anilines is 1. The minimum Gasteiger partial charge on any atom is -0.356 e. The van der Waals surface area contributed by atoms with Crippen LogP contribution in [-0.2, 0) is 0 Å². The third kappa shape index (κ3) is 2.76. The van der Waals surface area contributed by atoms with Gasteiger partial charge in [0.05, 0.1) is 5.56 Å². The molecule has 0 radical (unpaired) electrons. The van der Waals surface area contributed by atoms with Gasteiger partial charge in [0.2, 0.25) is 0 Å². The molecule has 2 aromatic heterocycles. The normalized spacial score (nSPS) is 16.0. The third-order valence-corrected chi connectivity index (χ3v) is 5.74. The van der Waals surface area contributed by atoms with Gasteiger partial charge in [-0.2, -0.15) is 19.6 Å². The zero-order valence-electron chi connectivity index (χ0n) is 12.7. The topological polar surface area (TPSA) is 46.3 Å². The first-order valence-electron chi connectivity index (χ1n) is 7.68. The molecule has 0 aliphatic carbocycles. The van der Waals surface area contributed by atoms with E-state index in [0.29, 0.717) is 20.8 Å². The maximum absolute atomic E-state index is 6.53. The lowest BCUT2D eigenvalue weighted by atomic mass is 10.1. The Hall–Kier alpha value is -1.37. The van der Waals surface area contributed by atoms with Crippen LogP contribution in [0, 0.1) is 0 Å². The molecule has 0 unspecified atom stereocenters. The molecule has 0 amide bonds. The highest BCUT2D eigenvalue weighted by Gasteiger charge is 2.26. The van der Waals surface area contributed by atoms with Crippen molar-refractivity contribution < 1.29 is 0 Å². The molecule has 8 heteroatoms. The molecule has 1 aliphatic rings. The van der Waals surface area contributed by atoms with E-state index in [1.54, 1.807) is 4.52 Å². The first kappa shape index (κ1) is 16.1. The number of aromatic nitrogens is 4. The van der Waals surface area contributed by atoms with E-state index in [4.69, 9.17) is 23.2 Å². The summed E-state index contributed by atoms with van der Waals surface area (Å²) in [7, 11) is 0. The summed E-state index contributed by atoms with van der Waals surface area (Å²) in [6, 6.07) is 7.65. The minimum atomic E-state index is 0.388. The van der Waals surface area contributed by atoms with Crippen LogP contribution in [0.3, 0.4) is 0 Å². The molecule has 0 atom stereocenters. The van der Waals surface area contributed by atoms with Crippen molar-refractivity contribution in [1.29, 1.82) is 0 Å². The fraction of sp³-hybridized carbons (Fsp3) is 0.312. The molecule has 1 aromatic carbocycles. The summed E-state index contributed by atoms with van der Waals surface area (Å²) in [4.78, 5) is 11.4. The highest BCUT2D eigenvalue weighted by molar-refractivity contribution is 9.09. The molecule has 1 saturated heterocycles. The summed E-state index contributed by atoms with van der Waals surface area (Å²) >= 11 is 16.7. The number of benzene rings is 1. The van der Waals surface area contributed by atoms with E-state index in [-0.39, 0.29) is 0 Å². The molecule has 5 nitrogen and oxygen atoms in total. The van der Waals surface area contributed by atoms with Gasteiger partial charge in [-0.05, 0) is 18.9 Å². The van der Waals surface area contributed by atoms with Crippen LogP contribution in [0.2, 0.25) is 10.2 Å². The molecular weight excluding hydrogens is 413 g/mol. The first-order chi connectivity index (χ1) is 11.6. The number of hydrogen-bond donors (Lipinski definition) is 0. The van der Waals surface area contributed by atoms with Crippen LogP contribution in [0.1, 0.15) is 12.8 Å². The summed E-state index contributed by atoms with van der Waals surface area (Å²) in [5.41, 5.74) is 1.65. The molecule has 24 heavy (non-hydrogen) atoms. The fourth-order valence-corrected chi connectivity index (χ4v) is 3.95. The van der Waals surface area contributed by atoms with Gasteiger partial charge in [0.1, 0.15) is 17.3 Å². The molecule has 1 fully saturated rings. The van der Waals surface area contributed by atoms with Gasteiger partial charge in [0.25, 0.3) is 5.78 Å². The van der Waals surface area contributed by atoms with Gasteiger partial charge in [0, 0.05) is 28.5 Å². The predicted octanol–water partition coefficient (Wildman–Crippen LogP) is 4.46. The van der Waals surface area contributed by atoms with Crippen LogP contribution in [0.15, 0.2) is 30.6 Å². The average Bonchev–Trinajstić information content (AvgIpc) is 3.03. The third-order valence-electron chi connectivity index (χ3n) is 4.23. The van der Waals surface area contributed by atoms with Gasteiger partial charge in [0.15, 0.2) is 0 Å². The van der Waals surface area contributed by atoms with Gasteiger partial charge < -0.3 is 4.90 Å². The smallest absolute Gasteiger partial charge is 0.255 e. The molecule has 3 aromatic rings. The summed E-state index contributed by atoms with van der Waals surface area (Å²) in [5, 5.41) is 5.38. The van der Waals surface area contributed by atoms with Gasteiger partial charge in [-0.25, -0.2) is 0 Å². The quantitative estimate of drug-likeness (QED) is 0.448. The molecule has 0 N–H and O–H groups in total. The van der Waals surface area contributed by atoms with Crippen LogP contribution < -0.4 is 4.90 Å². The van der Waals surface area contributed by atoms with Crippen molar-refractivity contribution in [1.82, 2.24) is 19.6 Å². The highest BCUT2D eigenvalue weighted by Crippen LogP contribution is 2.40. The molecule has 3 heterocycles. The Kier molecular flexibility index (Phi) is 4.37. The van der Waals surface area contributed by atoms with Crippen molar-refractivity contribution >= 4 is 50.7 Å². The Bertz CT molecular complexity index is 889. The molecule has 0 spiro atoms. The Morgan fingerprint density at radius 1 is 1.12 bits per heavy atom. The van der Waals surface area contributed by atoms with E-state index in [0.717, 1.165) is 42.9 Å². The number of hydrogen-bond acceptors (Lipinski definition) is 4. The Morgan fingerprint density at radius 2 is 1.88 bits per heavy atom. The van der Waals surface area contributed by atoms with Crippen molar-refractivity contribution in [2.24, 2.45) is 0 Å². The van der Waals surface area contributed by atoms with E-state index in [9.17, 15) is 0 Å². The number of piperidine rings is 1. The van der Waals surface area contributed by atoms with Crippen molar-refractivity contribution in [2.75, 3.05) is 18.0 Å². The first-order valence-corrected chi connectivity index (χ1v) is 9.35. The van der Waals surface area contributed by atoms with E-state index in [1.807, 2.05) is 24.3 Å². The summed E-state index contributed by atoms with van der Waals surface area (Å²) in [6.07, 6.45) is 3.60. The predicted molar refractivity (Wildman–Crippen MR) is 100 cm³/mol. The SMILES string of the molecule is Clc1ccccc1-c1c(Cl)nc2ncnn2c1N1CCC(Br)CC1. The Labute approximate surface area is 157 Å². The zero-order chi connectivity index (χ0) is 16.7. The summed E-state index contributed by atoms with van der Waals surface area (Å²) in [5.74, 6) is 1.39. The lowest BCUT2D eigenvalue weighted by molar-refractivity contribution is 0.587. The molecule has 0 saturated carbocycles. The van der Waals surface area contributed by atoms with Crippen molar-refractivity contribution in [3.05, 3.63) is 40.8 Å². The van der Waals surface area contributed by atoms with E-state index < -0.39 is 0 Å². The van der Waals surface area contributed by atoms with Crippen LogP contribution in [0.25, 0.3) is 16.9 Å². The summed E-state index contributed by atoms with van der Waals surface area (Å²) < 4.78 is 1.75. The van der Waals surface area contributed by atoms with Crippen molar-refractivity contribution in [3.63, 3.8) is 0 Å². The van der Waals surface area contributed by atoms with E-state index in [2.05, 4.69) is 35.9 Å². The van der Waals surface area contributed by atoms with Gasteiger partial charge in [-0.1, -0.05) is 57.3 Å². The molecule has 1 aliphatic heterocycles. The van der Waals surface area contributed by atoms with Crippen molar-refractivity contribution in [3.8, 4) is 11.1 Å². The van der Waals surface area contributed by atoms with Crippen LogP contribution in [0.4, 0.5) is 5.82 Å². The van der Waals surface area contributed by atoms with Gasteiger partial charge in [-0.3, -0.25) is 0 Å². The standard InChI is InChI=1S/C16H14BrCl2N5/c17-10-5-7-23(8-6-10)15-13(11-3-1-2-4-12(11)18)14(19)22-16-20-9-21-24(15)16/h1-4,9-10H,5-8H2. The summed E-state index contributed by atoms with van der Waals surface area (Å²) in [6.45, 7) is 1.81. The maximum atomic E-state index is 6.53. The average molecular weight is 427 g/mol. The Morgan fingerprint density at radius 3 is 2.62 bits per heavy atom. The fourth-order valence-electron chi connectivity index (χ4n) is 3.05.